The first kappa shape index (κ1) is 13.5. The molecular formula is C13H19NO3S. The fourth-order valence-corrected chi connectivity index (χ4v) is 2.79. The first-order valence-corrected chi connectivity index (χ1v) is 7.76. The lowest BCUT2D eigenvalue weighted by Gasteiger charge is -2.15. The van der Waals surface area contributed by atoms with Gasteiger partial charge in [-0.15, -0.1) is 0 Å². The van der Waals surface area contributed by atoms with Gasteiger partial charge in [0.25, 0.3) is 10.1 Å². The summed E-state index contributed by atoms with van der Waals surface area (Å²) in [5, 5.41) is 2.66. The summed E-state index contributed by atoms with van der Waals surface area (Å²) >= 11 is 0. The molecule has 18 heavy (non-hydrogen) atoms. The van der Waals surface area contributed by atoms with E-state index < -0.39 is 15.4 Å². The molecule has 2 N–H and O–H groups in total. The van der Waals surface area contributed by atoms with Crippen LogP contribution in [-0.4, -0.2) is 24.8 Å². The molecule has 0 aromatic heterocycles. The van der Waals surface area contributed by atoms with Gasteiger partial charge < -0.3 is 5.32 Å². The molecule has 1 aliphatic rings. The lowest BCUT2D eigenvalue weighted by atomic mass is 10.1. The van der Waals surface area contributed by atoms with Gasteiger partial charge in [0.2, 0.25) is 0 Å². The maximum absolute atomic E-state index is 10.9. The first-order valence-electron chi connectivity index (χ1n) is 6.26. The zero-order valence-electron chi connectivity index (χ0n) is 10.5. The monoisotopic (exact) mass is 269 g/mol. The van der Waals surface area contributed by atoms with Gasteiger partial charge in [-0.25, -0.2) is 0 Å². The zero-order chi connectivity index (χ0) is 13.2. The normalized spacial score (nSPS) is 20.7. The van der Waals surface area contributed by atoms with Crippen LogP contribution in [0.2, 0.25) is 0 Å². The third-order valence-electron chi connectivity index (χ3n) is 3.58. The van der Waals surface area contributed by atoms with Gasteiger partial charge in [-0.3, -0.25) is 4.55 Å². The van der Waals surface area contributed by atoms with Crippen molar-refractivity contribution in [3.63, 3.8) is 0 Å². The molecule has 1 aromatic rings. The topological polar surface area (TPSA) is 66.4 Å². The lowest BCUT2D eigenvalue weighted by molar-refractivity contribution is 0.456. The fraction of sp³-hybridized carbons (Fsp3) is 0.538. The Hall–Kier alpha value is -0.910. The number of rotatable bonds is 5. The number of nitrogens with one attached hydrogen (secondary N) is 1. The maximum Gasteiger partial charge on any atom is 0.267 e. The largest absolute Gasteiger partial charge is 0.310 e. The van der Waals surface area contributed by atoms with Crippen LogP contribution in [0.15, 0.2) is 24.3 Å². The smallest absolute Gasteiger partial charge is 0.267 e. The van der Waals surface area contributed by atoms with Crippen LogP contribution in [0.1, 0.15) is 36.9 Å². The number of aryl methyl sites for hydroxylation is 1. The molecule has 1 aliphatic carbocycles. The summed E-state index contributed by atoms with van der Waals surface area (Å²) in [6.45, 7) is 2.12. The molecule has 5 heteroatoms. The molecule has 100 valence electrons. The third-order valence-corrected chi connectivity index (χ3v) is 4.84. The maximum atomic E-state index is 10.9. The Morgan fingerprint density at radius 2 is 2.17 bits per heavy atom. The minimum Gasteiger partial charge on any atom is -0.310 e. The van der Waals surface area contributed by atoms with Crippen molar-refractivity contribution in [2.24, 2.45) is 0 Å². The van der Waals surface area contributed by atoms with E-state index in [4.69, 9.17) is 4.55 Å². The number of hydrogen-bond acceptors (Lipinski definition) is 3. The van der Waals surface area contributed by atoms with Gasteiger partial charge in [-0.2, -0.15) is 8.42 Å². The van der Waals surface area contributed by atoms with E-state index in [2.05, 4.69) is 17.4 Å². The molecule has 2 atom stereocenters. The summed E-state index contributed by atoms with van der Waals surface area (Å²) in [6, 6.07) is 8.64. The van der Waals surface area contributed by atoms with Gasteiger partial charge in [-0.05, 0) is 43.9 Å². The van der Waals surface area contributed by atoms with E-state index >= 15 is 0 Å². The third kappa shape index (κ3) is 3.10. The van der Waals surface area contributed by atoms with Crippen molar-refractivity contribution >= 4 is 10.1 Å². The van der Waals surface area contributed by atoms with Crippen LogP contribution in [0.25, 0.3) is 0 Å². The molecule has 0 spiro atoms. The average Bonchev–Trinajstić information content (AvgIpc) is 2.71. The van der Waals surface area contributed by atoms with Crippen LogP contribution in [0.4, 0.5) is 0 Å². The van der Waals surface area contributed by atoms with Gasteiger partial charge in [0, 0.05) is 6.04 Å². The van der Waals surface area contributed by atoms with Crippen molar-refractivity contribution in [3.05, 3.63) is 35.4 Å². The molecule has 4 nitrogen and oxygen atoms in total. The van der Waals surface area contributed by atoms with Crippen LogP contribution in [0, 0.1) is 0 Å². The summed E-state index contributed by atoms with van der Waals surface area (Å²) in [5.74, 6) is 0. The standard InChI is InChI=1S/C13H19NO3S/c1-10(18(15,16)17)8-9-14-13-7-6-11-4-2-3-5-12(11)13/h2-5,10,13-14H,6-9H2,1H3,(H,15,16,17)/t10?,13-/m1/s1. The Bertz CT molecular complexity index is 513. The Balaban J connectivity index is 1.86. The molecular weight excluding hydrogens is 250 g/mol. The Morgan fingerprint density at radius 1 is 1.44 bits per heavy atom. The van der Waals surface area contributed by atoms with Gasteiger partial charge in [-0.1, -0.05) is 24.3 Å². The average molecular weight is 269 g/mol. The second-order valence-electron chi connectivity index (χ2n) is 4.86. The molecule has 2 rings (SSSR count). The van der Waals surface area contributed by atoms with Crippen molar-refractivity contribution in [1.29, 1.82) is 0 Å². The number of hydrogen-bond donors (Lipinski definition) is 2. The fourth-order valence-electron chi connectivity index (χ4n) is 2.38. The quantitative estimate of drug-likeness (QED) is 0.802. The summed E-state index contributed by atoms with van der Waals surface area (Å²) in [7, 11) is -3.90. The Morgan fingerprint density at radius 3 is 2.89 bits per heavy atom. The molecule has 0 amide bonds. The summed E-state index contributed by atoms with van der Waals surface area (Å²) in [5.41, 5.74) is 2.69. The molecule has 0 bridgehead atoms. The van der Waals surface area contributed by atoms with E-state index in [0.717, 1.165) is 12.8 Å². The highest BCUT2D eigenvalue weighted by molar-refractivity contribution is 7.86. The predicted octanol–water partition coefficient (Wildman–Crippen LogP) is 1.93. The second kappa shape index (κ2) is 5.38. The molecule has 1 unspecified atom stereocenters. The first-order chi connectivity index (χ1) is 8.48. The Labute approximate surface area is 108 Å². The molecule has 0 aliphatic heterocycles. The van der Waals surface area contributed by atoms with E-state index in [1.165, 1.54) is 18.1 Å². The summed E-state index contributed by atoms with van der Waals surface area (Å²) < 4.78 is 30.6. The molecule has 0 saturated heterocycles. The van der Waals surface area contributed by atoms with Crippen LogP contribution in [0.5, 0.6) is 0 Å². The van der Waals surface area contributed by atoms with E-state index in [1.54, 1.807) is 0 Å². The van der Waals surface area contributed by atoms with Crippen molar-refractivity contribution < 1.29 is 13.0 Å². The highest BCUT2D eigenvalue weighted by Crippen LogP contribution is 2.30. The van der Waals surface area contributed by atoms with E-state index in [-0.39, 0.29) is 0 Å². The van der Waals surface area contributed by atoms with E-state index in [0.29, 0.717) is 19.0 Å². The van der Waals surface area contributed by atoms with Gasteiger partial charge in [0.1, 0.15) is 0 Å². The summed E-state index contributed by atoms with van der Waals surface area (Å²) in [6.07, 6.45) is 2.55. The van der Waals surface area contributed by atoms with Gasteiger partial charge in [0.05, 0.1) is 5.25 Å². The van der Waals surface area contributed by atoms with E-state index in [9.17, 15) is 8.42 Å². The lowest BCUT2D eigenvalue weighted by Crippen LogP contribution is -2.26. The van der Waals surface area contributed by atoms with Crippen LogP contribution in [0.3, 0.4) is 0 Å². The minimum absolute atomic E-state index is 0.315. The molecule has 1 aromatic carbocycles. The van der Waals surface area contributed by atoms with Crippen LogP contribution < -0.4 is 5.32 Å². The Kier molecular flexibility index (Phi) is 4.04. The molecule has 0 fully saturated rings. The minimum atomic E-state index is -3.90. The summed E-state index contributed by atoms with van der Waals surface area (Å²) in [4.78, 5) is 0. The van der Waals surface area contributed by atoms with Gasteiger partial charge >= 0.3 is 0 Å². The van der Waals surface area contributed by atoms with Crippen LogP contribution in [-0.2, 0) is 16.5 Å². The van der Waals surface area contributed by atoms with Crippen molar-refractivity contribution in [3.8, 4) is 0 Å². The predicted molar refractivity (Wildman–Crippen MR) is 71.1 cm³/mol. The van der Waals surface area contributed by atoms with Gasteiger partial charge in [0.15, 0.2) is 0 Å². The zero-order valence-corrected chi connectivity index (χ0v) is 11.3. The van der Waals surface area contributed by atoms with Crippen molar-refractivity contribution in [1.82, 2.24) is 5.32 Å². The molecule has 0 saturated carbocycles. The number of fused-ring (bicyclic) bond motifs is 1. The highest BCUT2D eigenvalue weighted by Gasteiger charge is 2.22. The van der Waals surface area contributed by atoms with E-state index in [1.807, 2.05) is 12.1 Å². The molecule has 0 radical (unpaired) electrons. The number of benzene rings is 1. The van der Waals surface area contributed by atoms with Crippen LogP contribution >= 0.6 is 0 Å². The van der Waals surface area contributed by atoms with Crippen molar-refractivity contribution in [2.75, 3.05) is 6.54 Å². The SMILES string of the molecule is CC(CCN[C@@H]1CCc2ccccc21)S(=O)(=O)O. The second-order valence-corrected chi connectivity index (χ2v) is 6.69. The highest BCUT2D eigenvalue weighted by atomic mass is 32.2. The van der Waals surface area contributed by atoms with Crippen molar-refractivity contribution in [2.45, 2.75) is 37.5 Å². The molecule has 0 heterocycles.